The van der Waals surface area contributed by atoms with Gasteiger partial charge >= 0.3 is 6.18 Å². The second kappa shape index (κ2) is 6.60. The van der Waals surface area contributed by atoms with E-state index in [1.165, 1.54) is 18.4 Å². The Labute approximate surface area is 147 Å². The van der Waals surface area contributed by atoms with Gasteiger partial charge in [-0.3, -0.25) is 0 Å². The number of hydrogen-bond donors (Lipinski definition) is 1. The highest BCUT2D eigenvalue weighted by Crippen LogP contribution is 2.42. The molecule has 26 heavy (non-hydrogen) atoms. The van der Waals surface area contributed by atoms with E-state index in [-0.39, 0.29) is 12.6 Å². The van der Waals surface area contributed by atoms with Crippen LogP contribution in [0.1, 0.15) is 35.9 Å². The molecule has 2 aromatic heterocycles. The molecule has 3 aromatic rings. The van der Waals surface area contributed by atoms with E-state index in [1.54, 1.807) is 18.2 Å². The van der Waals surface area contributed by atoms with E-state index in [0.29, 0.717) is 29.0 Å². The smallest absolute Gasteiger partial charge is 0.416 e. The molecular weight excluding hydrogens is 347 g/mol. The number of aromatic nitrogens is 2. The van der Waals surface area contributed by atoms with E-state index in [1.807, 2.05) is 0 Å². The van der Waals surface area contributed by atoms with Crippen molar-refractivity contribution in [2.75, 3.05) is 0 Å². The topological polar surface area (TPSA) is 64.1 Å². The van der Waals surface area contributed by atoms with Crippen molar-refractivity contribution in [1.82, 2.24) is 15.5 Å². The lowest BCUT2D eigenvalue weighted by atomic mass is 10.00. The average Bonchev–Trinajstić information content (AvgIpc) is 3.11. The second-order valence-electron chi connectivity index (χ2n) is 6.31. The van der Waals surface area contributed by atoms with Gasteiger partial charge in [0.05, 0.1) is 18.4 Å². The fourth-order valence-corrected chi connectivity index (χ4v) is 2.92. The number of alkyl halides is 3. The Bertz CT molecular complexity index is 870. The number of hydrogen-bond acceptors (Lipinski definition) is 5. The molecule has 1 aromatic carbocycles. The van der Waals surface area contributed by atoms with E-state index in [2.05, 4.69) is 15.5 Å². The molecule has 0 spiro atoms. The number of rotatable bonds is 6. The van der Waals surface area contributed by atoms with E-state index >= 15 is 0 Å². The Hall–Kier alpha value is -2.61. The third-order valence-electron chi connectivity index (χ3n) is 4.35. The van der Waals surface area contributed by atoms with Gasteiger partial charge in [0.1, 0.15) is 0 Å². The van der Waals surface area contributed by atoms with Crippen molar-refractivity contribution in [3.63, 3.8) is 0 Å². The van der Waals surface area contributed by atoms with Crippen molar-refractivity contribution in [1.29, 1.82) is 0 Å². The molecule has 2 heterocycles. The van der Waals surface area contributed by atoms with Gasteiger partial charge in [0.2, 0.25) is 11.7 Å². The van der Waals surface area contributed by atoms with Gasteiger partial charge in [0, 0.05) is 6.04 Å². The SMILES string of the molecule is FC(F)(F)c1cccc([C@@H](NCc2nc(-c3ccco3)no2)C2CC2)c1. The Morgan fingerprint density at radius 1 is 1.19 bits per heavy atom. The van der Waals surface area contributed by atoms with Crippen LogP contribution in [0.15, 0.2) is 51.6 Å². The lowest BCUT2D eigenvalue weighted by molar-refractivity contribution is -0.137. The summed E-state index contributed by atoms with van der Waals surface area (Å²) in [5.74, 6) is 1.51. The van der Waals surface area contributed by atoms with Gasteiger partial charge < -0.3 is 14.3 Å². The van der Waals surface area contributed by atoms with E-state index < -0.39 is 11.7 Å². The summed E-state index contributed by atoms with van der Waals surface area (Å²) in [5.41, 5.74) is -0.0200. The van der Waals surface area contributed by atoms with Crippen molar-refractivity contribution in [3.8, 4) is 11.6 Å². The molecule has 1 aliphatic carbocycles. The fourth-order valence-electron chi connectivity index (χ4n) is 2.92. The van der Waals surface area contributed by atoms with Crippen LogP contribution in [0.5, 0.6) is 0 Å². The van der Waals surface area contributed by atoms with Crippen LogP contribution in [0, 0.1) is 5.92 Å². The molecular formula is C18H16F3N3O2. The molecule has 0 unspecified atom stereocenters. The van der Waals surface area contributed by atoms with Crippen LogP contribution in [0.3, 0.4) is 0 Å². The highest BCUT2D eigenvalue weighted by molar-refractivity contribution is 5.44. The van der Waals surface area contributed by atoms with Crippen LogP contribution in [0.2, 0.25) is 0 Å². The van der Waals surface area contributed by atoms with Crippen molar-refractivity contribution in [3.05, 3.63) is 59.7 Å². The molecule has 0 radical (unpaired) electrons. The number of halogens is 3. The number of nitrogens with one attached hydrogen (secondary N) is 1. The first kappa shape index (κ1) is 16.8. The van der Waals surface area contributed by atoms with Crippen molar-refractivity contribution >= 4 is 0 Å². The molecule has 8 heteroatoms. The third kappa shape index (κ3) is 3.65. The molecule has 4 rings (SSSR count). The summed E-state index contributed by atoms with van der Waals surface area (Å²) in [7, 11) is 0. The third-order valence-corrected chi connectivity index (χ3v) is 4.35. The summed E-state index contributed by atoms with van der Waals surface area (Å²) in [5, 5.41) is 7.10. The first-order valence-corrected chi connectivity index (χ1v) is 8.28. The van der Waals surface area contributed by atoms with Crippen LogP contribution in [0.25, 0.3) is 11.6 Å². The van der Waals surface area contributed by atoms with Crippen LogP contribution >= 0.6 is 0 Å². The molecule has 0 saturated heterocycles. The summed E-state index contributed by atoms with van der Waals surface area (Å²) < 4.78 is 49.3. The number of benzene rings is 1. The minimum atomic E-state index is -4.35. The summed E-state index contributed by atoms with van der Waals surface area (Å²) in [6, 6.07) is 8.71. The monoisotopic (exact) mass is 363 g/mol. The van der Waals surface area contributed by atoms with E-state index in [4.69, 9.17) is 8.94 Å². The quantitative estimate of drug-likeness (QED) is 0.694. The summed E-state index contributed by atoms with van der Waals surface area (Å²) in [6.07, 6.45) is -0.875. The predicted octanol–water partition coefficient (Wildman–Crippen LogP) is 4.59. The Morgan fingerprint density at radius 2 is 2.04 bits per heavy atom. The van der Waals surface area contributed by atoms with Crippen molar-refractivity contribution in [2.45, 2.75) is 31.6 Å². The zero-order chi connectivity index (χ0) is 18.1. The zero-order valence-corrected chi connectivity index (χ0v) is 13.7. The van der Waals surface area contributed by atoms with Crippen LogP contribution in [0.4, 0.5) is 13.2 Å². The fraction of sp³-hybridized carbons (Fsp3) is 0.333. The van der Waals surface area contributed by atoms with Crippen LogP contribution < -0.4 is 5.32 Å². The maximum atomic E-state index is 13.0. The number of furan rings is 1. The molecule has 5 nitrogen and oxygen atoms in total. The van der Waals surface area contributed by atoms with Crippen molar-refractivity contribution in [2.24, 2.45) is 5.92 Å². The van der Waals surface area contributed by atoms with Gasteiger partial charge in [-0.1, -0.05) is 17.3 Å². The lowest BCUT2D eigenvalue weighted by Crippen LogP contribution is -2.23. The Kier molecular flexibility index (Phi) is 4.28. The summed E-state index contributed by atoms with van der Waals surface area (Å²) >= 11 is 0. The molecule has 1 aliphatic rings. The summed E-state index contributed by atoms with van der Waals surface area (Å²) in [4.78, 5) is 4.24. The van der Waals surface area contributed by atoms with E-state index in [0.717, 1.165) is 18.9 Å². The molecule has 136 valence electrons. The first-order chi connectivity index (χ1) is 12.5. The van der Waals surface area contributed by atoms with Gasteiger partial charge in [0.15, 0.2) is 5.76 Å². The van der Waals surface area contributed by atoms with E-state index in [9.17, 15) is 13.2 Å². The van der Waals surface area contributed by atoms with Crippen LogP contribution in [-0.2, 0) is 12.7 Å². The average molecular weight is 363 g/mol. The van der Waals surface area contributed by atoms with Gasteiger partial charge in [-0.2, -0.15) is 18.2 Å². The van der Waals surface area contributed by atoms with Crippen LogP contribution in [-0.4, -0.2) is 10.1 Å². The second-order valence-corrected chi connectivity index (χ2v) is 6.31. The molecule has 0 amide bonds. The highest BCUT2D eigenvalue weighted by Gasteiger charge is 2.35. The molecule has 1 fully saturated rings. The minimum Gasteiger partial charge on any atom is -0.461 e. The Balaban J connectivity index is 1.48. The van der Waals surface area contributed by atoms with Gasteiger partial charge in [-0.25, -0.2) is 0 Å². The minimum absolute atomic E-state index is 0.184. The zero-order valence-electron chi connectivity index (χ0n) is 13.7. The Morgan fingerprint density at radius 3 is 2.73 bits per heavy atom. The molecule has 1 atom stereocenters. The molecule has 1 saturated carbocycles. The standard InChI is InChI=1S/C18H16F3N3O2/c19-18(20,21)13-4-1-3-12(9-13)16(11-6-7-11)22-10-15-23-17(24-26-15)14-5-2-8-25-14/h1-5,8-9,11,16,22H,6-7,10H2/t16-/m0/s1. The maximum Gasteiger partial charge on any atom is 0.416 e. The van der Waals surface area contributed by atoms with Crippen molar-refractivity contribution < 1.29 is 22.1 Å². The van der Waals surface area contributed by atoms with Gasteiger partial charge in [-0.05, 0) is 48.6 Å². The maximum absolute atomic E-state index is 13.0. The molecule has 1 N–H and O–H groups in total. The highest BCUT2D eigenvalue weighted by atomic mass is 19.4. The molecule has 0 bridgehead atoms. The number of nitrogens with zero attached hydrogens (tertiary/aromatic N) is 2. The normalized spacial score (nSPS) is 16.0. The lowest BCUT2D eigenvalue weighted by Gasteiger charge is -2.19. The predicted molar refractivity (Wildman–Crippen MR) is 85.7 cm³/mol. The summed E-state index contributed by atoms with van der Waals surface area (Å²) in [6.45, 7) is 0.269. The van der Waals surface area contributed by atoms with Gasteiger partial charge in [-0.15, -0.1) is 0 Å². The first-order valence-electron chi connectivity index (χ1n) is 8.28. The largest absolute Gasteiger partial charge is 0.461 e. The van der Waals surface area contributed by atoms with Gasteiger partial charge in [0.25, 0.3) is 0 Å². The molecule has 0 aliphatic heterocycles.